The molecule has 0 aliphatic carbocycles. The lowest BCUT2D eigenvalue weighted by Crippen LogP contribution is -2.49. The number of benzene rings is 2. The summed E-state index contributed by atoms with van der Waals surface area (Å²) < 4.78 is 5.60. The summed E-state index contributed by atoms with van der Waals surface area (Å²) in [5, 5.41) is 11.6. The maximum Gasteiger partial charge on any atom is 0.339 e. The van der Waals surface area contributed by atoms with Crippen LogP contribution >= 0.6 is 0 Å². The zero-order valence-corrected chi connectivity index (χ0v) is 12.6. The zero-order chi connectivity index (χ0) is 17.1. The standard InChI is InChI=1S/C17H14N2O5/c20-15-8-9-19(17(23)18-15)11-6-7-14(13(10-11)16(21)22)24-12-4-2-1-3-5-12/h1-7,10H,8-9H2,(H,21,22)(H,18,20,23). The summed E-state index contributed by atoms with van der Waals surface area (Å²) in [7, 11) is 0. The first-order chi connectivity index (χ1) is 11.5. The van der Waals surface area contributed by atoms with E-state index in [1.807, 2.05) is 6.07 Å². The highest BCUT2D eigenvalue weighted by Gasteiger charge is 2.25. The molecule has 1 heterocycles. The average molecular weight is 326 g/mol. The van der Waals surface area contributed by atoms with E-state index in [0.717, 1.165) is 0 Å². The van der Waals surface area contributed by atoms with Crippen LogP contribution in [0.25, 0.3) is 0 Å². The summed E-state index contributed by atoms with van der Waals surface area (Å²) in [4.78, 5) is 35.9. The van der Waals surface area contributed by atoms with E-state index in [2.05, 4.69) is 5.32 Å². The highest BCUT2D eigenvalue weighted by atomic mass is 16.5. The van der Waals surface area contributed by atoms with Crippen molar-refractivity contribution in [1.82, 2.24) is 5.32 Å². The Hall–Kier alpha value is -3.35. The van der Waals surface area contributed by atoms with Crippen LogP contribution in [-0.2, 0) is 4.79 Å². The molecule has 0 atom stereocenters. The van der Waals surface area contributed by atoms with Gasteiger partial charge in [0.05, 0.1) is 0 Å². The Morgan fingerprint density at radius 3 is 2.54 bits per heavy atom. The van der Waals surface area contributed by atoms with Gasteiger partial charge in [-0.25, -0.2) is 9.59 Å². The van der Waals surface area contributed by atoms with E-state index in [0.29, 0.717) is 11.4 Å². The van der Waals surface area contributed by atoms with Gasteiger partial charge < -0.3 is 9.84 Å². The van der Waals surface area contributed by atoms with Gasteiger partial charge in [-0.3, -0.25) is 15.0 Å². The van der Waals surface area contributed by atoms with Gasteiger partial charge in [-0.05, 0) is 30.3 Å². The SMILES string of the molecule is O=C1CCN(c2ccc(Oc3ccccc3)c(C(=O)O)c2)C(=O)N1. The Labute approximate surface area is 137 Å². The number of anilines is 1. The van der Waals surface area contributed by atoms with Crippen molar-refractivity contribution >= 4 is 23.6 Å². The summed E-state index contributed by atoms with van der Waals surface area (Å²) in [5.41, 5.74) is 0.318. The molecule has 24 heavy (non-hydrogen) atoms. The second kappa shape index (κ2) is 6.41. The van der Waals surface area contributed by atoms with Gasteiger partial charge in [-0.15, -0.1) is 0 Å². The molecule has 2 aromatic rings. The second-order valence-electron chi connectivity index (χ2n) is 5.16. The Morgan fingerprint density at radius 1 is 1.12 bits per heavy atom. The maximum absolute atomic E-state index is 11.9. The molecule has 0 aromatic heterocycles. The van der Waals surface area contributed by atoms with Gasteiger partial charge in [0.2, 0.25) is 5.91 Å². The van der Waals surface area contributed by atoms with Crippen LogP contribution in [0.4, 0.5) is 10.5 Å². The number of para-hydroxylation sites is 1. The molecule has 1 saturated heterocycles. The third-order valence-electron chi connectivity index (χ3n) is 3.53. The van der Waals surface area contributed by atoms with Crippen molar-refractivity contribution in [3.8, 4) is 11.5 Å². The van der Waals surface area contributed by atoms with E-state index in [9.17, 15) is 19.5 Å². The van der Waals surface area contributed by atoms with E-state index in [4.69, 9.17) is 4.74 Å². The molecule has 1 aliphatic rings. The molecule has 7 nitrogen and oxygen atoms in total. The van der Waals surface area contributed by atoms with Crippen LogP contribution in [0.1, 0.15) is 16.8 Å². The van der Waals surface area contributed by atoms with Gasteiger partial charge in [0, 0.05) is 18.7 Å². The van der Waals surface area contributed by atoms with Gasteiger partial charge in [-0.2, -0.15) is 0 Å². The van der Waals surface area contributed by atoms with Crippen molar-refractivity contribution in [2.45, 2.75) is 6.42 Å². The molecule has 0 radical (unpaired) electrons. The van der Waals surface area contributed by atoms with E-state index in [1.165, 1.54) is 17.0 Å². The summed E-state index contributed by atoms with van der Waals surface area (Å²) >= 11 is 0. The lowest BCUT2D eigenvalue weighted by Gasteiger charge is -2.27. The first-order valence-corrected chi connectivity index (χ1v) is 7.26. The molecule has 2 N–H and O–H groups in total. The molecular formula is C17H14N2O5. The molecule has 1 aliphatic heterocycles. The normalized spacial score (nSPS) is 14.2. The first-order valence-electron chi connectivity index (χ1n) is 7.26. The minimum absolute atomic E-state index is 0.0685. The number of nitrogens with zero attached hydrogens (tertiary/aromatic N) is 1. The molecule has 0 bridgehead atoms. The molecule has 0 saturated carbocycles. The molecular weight excluding hydrogens is 312 g/mol. The molecule has 122 valence electrons. The number of carboxylic acids is 1. The average Bonchev–Trinajstić information content (AvgIpc) is 2.56. The highest BCUT2D eigenvalue weighted by molar-refractivity contribution is 6.06. The van der Waals surface area contributed by atoms with Crippen LogP contribution in [0.15, 0.2) is 48.5 Å². The summed E-state index contributed by atoms with van der Waals surface area (Å²) in [5.74, 6) is -0.838. The van der Waals surface area contributed by atoms with Gasteiger partial charge in [-0.1, -0.05) is 18.2 Å². The Balaban J connectivity index is 1.91. The maximum atomic E-state index is 11.9. The van der Waals surface area contributed by atoms with Crippen LogP contribution in [0.2, 0.25) is 0 Å². The molecule has 3 amide bonds. The number of carbonyl (C=O) groups is 3. The molecule has 7 heteroatoms. The monoisotopic (exact) mass is 326 g/mol. The summed E-state index contributed by atoms with van der Waals surface area (Å²) in [6.45, 7) is 0.197. The van der Waals surface area contributed by atoms with E-state index in [1.54, 1.807) is 30.3 Å². The quantitative estimate of drug-likeness (QED) is 0.900. The Kier molecular flexibility index (Phi) is 4.15. The van der Waals surface area contributed by atoms with Crippen molar-refractivity contribution in [3.05, 3.63) is 54.1 Å². The number of ether oxygens (including phenoxy) is 1. The molecule has 0 unspecified atom stereocenters. The zero-order valence-electron chi connectivity index (χ0n) is 12.6. The van der Waals surface area contributed by atoms with Crippen LogP contribution in [0, 0.1) is 0 Å². The first kappa shape index (κ1) is 15.5. The van der Waals surface area contributed by atoms with Crippen LogP contribution < -0.4 is 15.0 Å². The third kappa shape index (κ3) is 3.19. The second-order valence-corrected chi connectivity index (χ2v) is 5.16. The van der Waals surface area contributed by atoms with Crippen LogP contribution in [0.5, 0.6) is 11.5 Å². The van der Waals surface area contributed by atoms with Crippen molar-refractivity contribution in [3.63, 3.8) is 0 Å². The van der Waals surface area contributed by atoms with Crippen molar-refractivity contribution in [2.75, 3.05) is 11.4 Å². The lowest BCUT2D eigenvalue weighted by molar-refractivity contribution is -0.120. The number of nitrogens with one attached hydrogen (secondary N) is 1. The van der Waals surface area contributed by atoms with Crippen molar-refractivity contribution < 1.29 is 24.2 Å². The van der Waals surface area contributed by atoms with Gasteiger partial charge in [0.1, 0.15) is 17.1 Å². The fourth-order valence-electron chi connectivity index (χ4n) is 2.37. The number of urea groups is 1. The number of rotatable bonds is 4. The predicted octanol–water partition coefficient (Wildman–Crippen LogP) is 2.62. The Bertz CT molecular complexity index is 804. The van der Waals surface area contributed by atoms with Crippen molar-refractivity contribution in [2.24, 2.45) is 0 Å². The third-order valence-corrected chi connectivity index (χ3v) is 3.53. The minimum Gasteiger partial charge on any atom is -0.478 e. The predicted molar refractivity (Wildman–Crippen MR) is 85.4 cm³/mol. The smallest absolute Gasteiger partial charge is 0.339 e. The number of hydrogen-bond acceptors (Lipinski definition) is 4. The number of imide groups is 1. The van der Waals surface area contributed by atoms with Crippen LogP contribution in [0.3, 0.4) is 0 Å². The number of hydrogen-bond donors (Lipinski definition) is 2. The van der Waals surface area contributed by atoms with E-state index in [-0.39, 0.29) is 30.2 Å². The fourth-order valence-corrected chi connectivity index (χ4v) is 2.37. The molecule has 3 rings (SSSR count). The number of aromatic carboxylic acids is 1. The highest BCUT2D eigenvalue weighted by Crippen LogP contribution is 2.30. The topological polar surface area (TPSA) is 95.9 Å². The molecule has 2 aromatic carbocycles. The number of carboxylic acid groups (broad SMARTS) is 1. The fraction of sp³-hybridized carbons (Fsp3) is 0.118. The molecule has 0 spiro atoms. The number of amides is 3. The minimum atomic E-state index is -1.17. The van der Waals surface area contributed by atoms with Gasteiger partial charge in [0.15, 0.2) is 0 Å². The summed E-state index contributed by atoms with van der Waals surface area (Å²) in [6, 6.07) is 12.7. The van der Waals surface area contributed by atoms with Crippen molar-refractivity contribution in [1.29, 1.82) is 0 Å². The van der Waals surface area contributed by atoms with Crippen LogP contribution in [-0.4, -0.2) is 29.6 Å². The van der Waals surface area contributed by atoms with Gasteiger partial charge in [0.25, 0.3) is 0 Å². The number of carbonyl (C=O) groups excluding carboxylic acids is 2. The lowest BCUT2D eigenvalue weighted by atomic mass is 10.1. The summed E-state index contributed by atoms with van der Waals surface area (Å²) in [6.07, 6.45) is 0.163. The largest absolute Gasteiger partial charge is 0.478 e. The van der Waals surface area contributed by atoms with Gasteiger partial charge >= 0.3 is 12.0 Å². The molecule has 1 fully saturated rings. The Morgan fingerprint density at radius 2 is 1.88 bits per heavy atom. The van der Waals surface area contributed by atoms with E-state index >= 15 is 0 Å². The van der Waals surface area contributed by atoms with E-state index < -0.39 is 12.0 Å².